The second kappa shape index (κ2) is 13.2. The molecule has 0 aliphatic carbocycles. The average Bonchev–Trinajstić information content (AvgIpc) is 2.65. The first kappa shape index (κ1) is 21.0. The van der Waals surface area contributed by atoms with Crippen molar-refractivity contribution in [3.63, 3.8) is 0 Å². The Morgan fingerprint density at radius 2 is 1.80 bits per heavy atom. The summed E-state index contributed by atoms with van der Waals surface area (Å²) in [5.41, 5.74) is 1.72. The average molecular weight is 348 g/mol. The molecule has 140 valence electrons. The molecular formula is C19H32N4O2. The van der Waals surface area contributed by atoms with E-state index in [1.807, 2.05) is 31.2 Å². The summed E-state index contributed by atoms with van der Waals surface area (Å²) >= 11 is 0. The molecule has 0 unspecified atom stereocenters. The third-order valence-electron chi connectivity index (χ3n) is 3.61. The maximum absolute atomic E-state index is 11.5. The van der Waals surface area contributed by atoms with E-state index in [1.54, 1.807) is 7.05 Å². The van der Waals surface area contributed by atoms with Crippen molar-refractivity contribution in [1.82, 2.24) is 16.0 Å². The molecule has 0 aliphatic rings. The zero-order valence-corrected chi connectivity index (χ0v) is 15.7. The van der Waals surface area contributed by atoms with Crippen LogP contribution in [0.3, 0.4) is 0 Å². The Labute approximate surface area is 151 Å². The lowest BCUT2D eigenvalue weighted by atomic mass is 10.1. The molecule has 0 fully saturated rings. The summed E-state index contributed by atoms with van der Waals surface area (Å²) in [4.78, 5) is 16.1. The van der Waals surface area contributed by atoms with Crippen molar-refractivity contribution in [2.45, 2.75) is 39.7 Å². The highest BCUT2D eigenvalue weighted by Gasteiger charge is 2.02. The first-order valence-corrected chi connectivity index (χ1v) is 9.12. The van der Waals surface area contributed by atoms with Crippen LogP contribution in [0.4, 0.5) is 0 Å². The minimum atomic E-state index is -0.0776. The molecular weight excluding hydrogens is 316 g/mol. The van der Waals surface area contributed by atoms with Crippen LogP contribution in [-0.4, -0.2) is 45.2 Å². The molecule has 0 saturated heterocycles. The fourth-order valence-corrected chi connectivity index (χ4v) is 2.15. The maximum atomic E-state index is 11.5. The molecule has 0 saturated carbocycles. The number of guanidine groups is 1. The van der Waals surface area contributed by atoms with E-state index < -0.39 is 0 Å². The summed E-state index contributed by atoms with van der Waals surface area (Å²) in [5, 5.41) is 9.17. The summed E-state index contributed by atoms with van der Waals surface area (Å²) in [6.45, 7) is 8.03. The monoisotopic (exact) mass is 348 g/mol. The number of nitrogens with zero attached hydrogens (tertiary/aromatic N) is 1. The van der Waals surface area contributed by atoms with Crippen LogP contribution in [0.25, 0.3) is 0 Å². The van der Waals surface area contributed by atoms with E-state index in [2.05, 4.69) is 27.9 Å². The van der Waals surface area contributed by atoms with E-state index in [1.165, 1.54) is 6.42 Å². The van der Waals surface area contributed by atoms with Crippen LogP contribution in [-0.2, 0) is 11.3 Å². The Balaban J connectivity index is 2.40. The van der Waals surface area contributed by atoms with E-state index in [0.717, 1.165) is 50.7 Å². The van der Waals surface area contributed by atoms with Gasteiger partial charge in [0.1, 0.15) is 0 Å². The zero-order chi connectivity index (χ0) is 18.3. The third kappa shape index (κ3) is 9.10. The van der Waals surface area contributed by atoms with Gasteiger partial charge in [-0.05, 0) is 37.5 Å². The van der Waals surface area contributed by atoms with Crippen molar-refractivity contribution >= 4 is 11.9 Å². The SMILES string of the molecule is CCCCOCCCNC(=NCc1ccc(C(=O)NC)cc1)NCC. The van der Waals surface area contributed by atoms with E-state index in [4.69, 9.17) is 4.74 Å². The molecule has 1 amide bonds. The molecule has 0 radical (unpaired) electrons. The topological polar surface area (TPSA) is 74.8 Å². The quantitative estimate of drug-likeness (QED) is 0.326. The van der Waals surface area contributed by atoms with Gasteiger partial charge in [0.05, 0.1) is 6.54 Å². The number of benzene rings is 1. The first-order chi connectivity index (χ1) is 12.2. The van der Waals surface area contributed by atoms with Crippen molar-refractivity contribution in [1.29, 1.82) is 0 Å². The molecule has 0 heterocycles. The van der Waals surface area contributed by atoms with Gasteiger partial charge in [0.15, 0.2) is 5.96 Å². The normalized spacial score (nSPS) is 11.2. The summed E-state index contributed by atoms with van der Waals surface area (Å²) in [6, 6.07) is 7.49. The Morgan fingerprint density at radius 1 is 1.08 bits per heavy atom. The number of amides is 1. The molecule has 3 N–H and O–H groups in total. The molecule has 1 aromatic carbocycles. The van der Waals surface area contributed by atoms with Gasteiger partial charge in [-0.25, -0.2) is 4.99 Å². The molecule has 0 bridgehead atoms. The van der Waals surface area contributed by atoms with Gasteiger partial charge in [0.25, 0.3) is 5.91 Å². The van der Waals surface area contributed by atoms with Crippen molar-refractivity contribution < 1.29 is 9.53 Å². The van der Waals surface area contributed by atoms with E-state index in [9.17, 15) is 4.79 Å². The molecule has 25 heavy (non-hydrogen) atoms. The Hall–Kier alpha value is -2.08. The van der Waals surface area contributed by atoms with Gasteiger partial charge >= 0.3 is 0 Å². The number of carbonyl (C=O) groups is 1. The lowest BCUT2D eigenvalue weighted by molar-refractivity contribution is 0.0963. The number of unbranched alkanes of at least 4 members (excludes halogenated alkanes) is 1. The number of nitrogens with one attached hydrogen (secondary N) is 3. The molecule has 1 aromatic rings. The van der Waals surface area contributed by atoms with Gasteiger partial charge < -0.3 is 20.7 Å². The lowest BCUT2D eigenvalue weighted by Crippen LogP contribution is -2.38. The van der Waals surface area contributed by atoms with Gasteiger partial charge in [-0.1, -0.05) is 25.5 Å². The van der Waals surface area contributed by atoms with Crippen molar-refractivity contribution in [3.8, 4) is 0 Å². The minimum absolute atomic E-state index is 0.0776. The summed E-state index contributed by atoms with van der Waals surface area (Å²) in [6.07, 6.45) is 3.24. The fourth-order valence-electron chi connectivity index (χ4n) is 2.15. The first-order valence-electron chi connectivity index (χ1n) is 9.12. The van der Waals surface area contributed by atoms with Crippen LogP contribution in [0.1, 0.15) is 49.0 Å². The van der Waals surface area contributed by atoms with E-state index in [0.29, 0.717) is 12.1 Å². The van der Waals surface area contributed by atoms with Gasteiger partial charge in [-0.3, -0.25) is 4.79 Å². The zero-order valence-electron chi connectivity index (χ0n) is 15.7. The number of hydrogen-bond acceptors (Lipinski definition) is 3. The lowest BCUT2D eigenvalue weighted by Gasteiger charge is -2.11. The van der Waals surface area contributed by atoms with E-state index >= 15 is 0 Å². The Bertz CT molecular complexity index is 515. The second-order valence-corrected chi connectivity index (χ2v) is 5.72. The number of rotatable bonds is 11. The molecule has 0 aromatic heterocycles. The van der Waals surface area contributed by atoms with Gasteiger partial charge in [-0.2, -0.15) is 0 Å². The second-order valence-electron chi connectivity index (χ2n) is 5.72. The Morgan fingerprint density at radius 3 is 2.44 bits per heavy atom. The predicted octanol–water partition coefficient (Wildman–Crippen LogP) is 2.31. The Kier molecular flexibility index (Phi) is 11.1. The summed E-state index contributed by atoms with van der Waals surface area (Å²) in [7, 11) is 1.63. The highest BCUT2D eigenvalue weighted by atomic mass is 16.5. The summed E-state index contributed by atoms with van der Waals surface area (Å²) < 4.78 is 5.55. The van der Waals surface area contributed by atoms with E-state index in [-0.39, 0.29) is 5.91 Å². The smallest absolute Gasteiger partial charge is 0.251 e. The van der Waals surface area contributed by atoms with Crippen molar-refractivity contribution in [2.24, 2.45) is 4.99 Å². The number of hydrogen-bond donors (Lipinski definition) is 3. The number of aliphatic imine (C=N–C) groups is 1. The maximum Gasteiger partial charge on any atom is 0.251 e. The van der Waals surface area contributed by atoms with Crippen molar-refractivity contribution in [2.75, 3.05) is 33.4 Å². The predicted molar refractivity (Wildman–Crippen MR) is 103 cm³/mol. The van der Waals surface area contributed by atoms with Gasteiger partial charge in [0, 0.05) is 38.9 Å². The number of carbonyl (C=O) groups excluding carboxylic acids is 1. The van der Waals surface area contributed by atoms with Crippen molar-refractivity contribution in [3.05, 3.63) is 35.4 Å². The van der Waals surface area contributed by atoms with Crippen LogP contribution >= 0.6 is 0 Å². The van der Waals surface area contributed by atoms with Crippen LogP contribution < -0.4 is 16.0 Å². The van der Waals surface area contributed by atoms with Gasteiger partial charge in [0.2, 0.25) is 0 Å². The largest absolute Gasteiger partial charge is 0.381 e. The summed E-state index contributed by atoms with van der Waals surface area (Å²) in [5.74, 6) is 0.720. The molecule has 6 heteroatoms. The van der Waals surface area contributed by atoms with Crippen LogP contribution in [0, 0.1) is 0 Å². The molecule has 1 rings (SSSR count). The third-order valence-corrected chi connectivity index (χ3v) is 3.61. The highest BCUT2D eigenvalue weighted by molar-refractivity contribution is 5.93. The van der Waals surface area contributed by atoms with Crippen LogP contribution in [0.15, 0.2) is 29.3 Å². The molecule has 0 spiro atoms. The van der Waals surface area contributed by atoms with Crippen LogP contribution in [0.5, 0.6) is 0 Å². The number of ether oxygens (including phenoxy) is 1. The minimum Gasteiger partial charge on any atom is -0.381 e. The molecule has 6 nitrogen and oxygen atoms in total. The van der Waals surface area contributed by atoms with Crippen LogP contribution in [0.2, 0.25) is 0 Å². The fraction of sp³-hybridized carbons (Fsp3) is 0.579. The highest BCUT2D eigenvalue weighted by Crippen LogP contribution is 2.05. The molecule has 0 atom stereocenters. The van der Waals surface area contributed by atoms with Gasteiger partial charge in [-0.15, -0.1) is 0 Å². The molecule has 0 aliphatic heterocycles. The standard InChI is InChI=1S/C19H32N4O2/c1-4-6-13-25-14-7-12-22-19(21-5-2)23-15-16-8-10-17(11-9-16)18(24)20-3/h8-11H,4-7,12-15H2,1-3H3,(H,20,24)(H2,21,22,23).